The van der Waals surface area contributed by atoms with Crippen molar-refractivity contribution in [2.75, 3.05) is 18.4 Å². The lowest BCUT2D eigenvalue weighted by atomic mass is 9.95. The van der Waals surface area contributed by atoms with Crippen molar-refractivity contribution >= 4 is 27.8 Å². The van der Waals surface area contributed by atoms with Crippen LogP contribution in [0.1, 0.15) is 24.2 Å². The van der Waals surface area contributed by atoms with Crippen LogP contribution in [0, 0.1) is 5.41 Å². The van der Waals surface area contributed by atoms with Gasteiger partial charge in [0.25, 0.3) is 16.1 Å². The Morgan fingerprint density at radius 2 is 1.91 bits per heavy atom. The van der Waals surface area contributed by atoms with Crippen LogP contribution in [-0.2, 0) is 19.7 Å². The summed E-state index contributed by atoms with van der Waals surface area (Å²) >= 11 is 0. The molecule has 10 heteroatoms. The van der Waals surface area contributed by atoms with Crippen molar-refractivity contribution in [3.8, 4) is 5.75 Å². The molecule has 9 nitrogen and oxygen atoms in total. The molecule has 0 spiro atoms. The smallest absolute Gasteiger partial charge is 0.314 e. The van der Waals surface area contributed by atoms with Gasteiger partial charge in [-0.2, -0.15) is 8.42 Å². The van der Waals surface area contributed by atoms with Crippen LogP contribution in [0.5, 0.6) is 5.75 Å². The number of ether oxygens (including phenoxy) is 2. The predicted octanol–water partition coefficient (Wildman–Crippen LogP) is -0.0211. The van der Waals surface area contributed by atoms with Crippen molar-refractivity contribution in [2.24, 2.45) is 16.3 Å². The van der Waals surface area contributed by atoms with Crippen LogP contribution in [0.3, 0.4) is 0 Å². The van der Waals surface area contributed by atoms with E-state index in [4.69, 9.17) is 15.6 Å². The highest BCUT2D eigenvalue weighted by Gasteiger charge is 2.30. The second-order valence-corrected chi connectivity index (χ2v) is 6.65. The Balaban J connectivity index is 3.15. The standard InChI is InChI=1S/C13H19N3O6S/c1-13(2,12(18)21-3)7-22-9-6-4-5-8(10(9)11(14)17)16-23(15,19)20/h4-6,16H,7H2,1-3H3,(H2,14,17)(H2,15,19,20). The maximum absolute atomic E-state index is 11.6. The van der Waals surface area contributed by atoms with E-state index in [1.165, 1.54) is 25.3 Å². The Bertz CT molecular complexity index is 714. The molecule has 1 amide bonds. The highest BCUT2D eigenvalue weighted by atomic mass is 32.2. The quantitative estimate of drug-likeness (QED) is 0.591. The fourth-order valence-corrected chi connectivity index (χ4v) is 2.21. The number of hydrogen-bond acceptors (Lipinski definition) is 6. The van der Waals surface area contributed by atoms with E-state index < -0.39 is 27.5 Å². The minimum atomic E-state index is -4.10. The van der Waals surface area contributed by atoms with Crippen LogP contribution in [0.4, 0.5) is 5.69 Å². The fraction of sp³-hybridized carbons (Fsp3) is 0.385. The summed E-state index contributed by atoms with van der Waals surface area (Å²) < 4.78 is 34.4. The van der Waals surface area contributed by atoms with Crippen molar-refractivity contribution in [2.45, 2.75) is 13.8 Å². The molecule has 0 aliphatic rings. The predicted molar refractivity (Wildman–Crippen MR) is 83.0 cm³/mol. The highest BCUT2D eigenvalue weighted by molar-refractivity contribution is 7.90. The molecule has 0 fully saturated rings. The number of anilines is 1. The first-order valence-corrected chi connectivity index (χ1v) is 7.97. The molecule has 0 aliphatic carbocycles. The van der Waals surface area contributed by atoms with Gasteiger partial charge in [0.15, 0.2) is 0 Å². The molecule has 23 heavy (non-hydrogen) atoms. The SMILES string of the molecule is COC(=O)C(C)(C)COc1cccc(NS(N)(=O)=O)c1C(N)=O. The molecular weight excluding hydrogens is 326 g/mol. The average Bonchev–Trinajstić information content (AvgIpc) is 2.42. The van der Waals surface area contributed by atoms with Crippen LogP contribution >= 0.6 is 0 Å². The van der Waals surface area contributed by atoms with Crippen LogP contribution in [-0.4, -0.2) is 34.0 Å². The number of primary amides is 1. The Morgan fingerprint density at radius 1 is 1.30 bits per heavy atom. The zero-order chi connectivity index (χ0) is 17.8. The third-order valence-corrected chi connectivity index (χ3v) is 3.36. The molecule has 5 N–H and O–H groups in total. The van der Waals surface area contributed by atoms with Crippen molar-refractivity contribution in [3.05, 3.63) is 23.8 Å². The van der Waals surface area contributed by atoms with Gasteiger partial charge in [0, 0.05) is 0 Å². The van der Waals surface area contributed by atoms with Gasteiger partial charge in [0.05, 0.1) is 18.2 Å². The number of methoxy groups -OCH3 is 1. The van der Waals surface area contributed by atoms with E-state index in [0.717, 1.165) is 0 Å². The zero-order valence-corrected chi connectivity index (χ0v) is 13.8. The van der Waals surface area contributed by atoms with Gasteiger partial charge in [-0.25, -0.2) is 5.14 Å². The molecule has 0 unspecified atom stereocenters. The number of nitrogens with two attached hydrogens (primary N) is 2. The van der Waals surface area contributed by atoms with Crippen LogP contribution in [0.15, 0.2) is 18.2 Å². The Hall–Kier alpha value is -2.33. The van der Waals surface area contributed by atoms with E-state index in [1.807, 2.05) is 4.72 Å². The molecule has 0 saturated carbocycles. The number of esters is 1. The zero-order valence-electron chi connectivity index (χ0n) is 13.0. The number of rotatable bonds is 7. The normalized spacial score (nSPS) is 11.7. The Kier molecular flexibility index (Phi) is 5.56. The summed E-state index contributed by atoms with van der Waals surface area (Å²) in [6.45, 7) is 3.07. The maximum atomic E-state index is 11.6. The van der Waals surface area contributed by atoms with E-state index in [9.17, 15) is 18.0 Å². The van der Waals surface area contributed by atoms with E-state index in [-0.39, 0.29) is 23.6 Å². The van der Waals surface area contributed by atoms with Gasteiger partial charge in [-0.1, -0.05) is 6.07 Å². The summed E-state index contributed by atoms with van der Waals surface area (Å²) in [7, 11) is -2.85. The summed E-state index contributed by atoms with van der Waals surface area (Å²) in [5.74, 6) is -1.40. The fourth-order valence-electron chi connectivity index (χ4n) is 1.74. The number of hydrogen-bond donors (Lipinski definition) is 3. The molecule has 0 atom stereocenters. The third-order valence-electron chi connectivity index (χ3n) is 2.85. The molecule has 1 rings (SSSR count). The topological polar surface area (TPSA) is 151 Å². The molecule has 0 saturated heterocycles. The van der Waals surface area contributed by atoms with Gasteiger partial charge in [-0.05, 0) is 26.0 Å². The first-order chi connectivity index (χ1) is 10.5. The van der Waals surface area contributed by atoms with Crippen LogP contribution in [0.2, 0.25) is 0 Å². The van der Waals surface area contributed by atoms with Crippen molar-refractivity contribution in [1.82, 2.24) is 0 Å². The van der Waals surface area contributed by atoms with Crippen molar-refractivity contribution < 1.29 is 27.5 Å². The molecule has 1 aromatic carbocycles. The minimum absolute atomic E-state index is 0.0168. The van der Waals surface area contributed by atoms with E-state index in [0.29, 0.717) is 0 Å². The summed E-state index contributed by atoms with van der Waals surface area (Å²) in [6, 6.07) is 4.17. The second kappa shape index (κ2) is 6.84. The van der Waals surface area contributed by atoms with Crippen LogP contribution in [0.25, 0.3) is 0 Å². The molecule has 128 valence electrons. The minimum Gasteiger partial charge on any atom is -0.492 e. The van der Waals surface area contributed by atoms with Crippen molar-refractivity contribution in [3.63, 3.8) is 0 Å². The van der Waals surface area contributed by atoms with Gasteiger partial charge < -0.3 is 15.2 Å². The number of benzene rings is 1. The molecule has 1 aromatic rings. The number of carbonyl (C=O) groups excluding carboxylic acids is 2. The first-order valence-electron chi connectivity index (χ1n) is 6.42. The molecule has 0 bridgehead atoms. The van der Waals surface area contributed by atoms with Crippen LogP contribution < -0.4 is 20.3 Å². The van der Waals surface area contributed by atoms with Gasteiger partial charge in [0.1, 0.15) is 17.9 Å². The summed E-state index contributed by atoms with van der Waals surface area (Å²) in [5, 5.41) is 4.89. The summed E-state index contributed by atoms with van der Waals surface area (Å²) in [4.78, 5) is 23.2. The number of nitrogens with one attached hydrogen (secondary N) is 1. The molecule has 0 aliphatic heterocycles. The molecule has 0 radical (unpaired) electrons. The van der Waals surface area contributed by atoms with Crippen molar-refractivity contribution in [1.29, 1.82) is 0 Å². The number of carbonyl (C=O) groups is 2. The highest BCUT2D eigenvalue weighted by Crippen LogP contribution is 2.28. The molecule has 0 heterocycles. The van der Waals surface area contributed by atoms with E-state index >= 15 is 0 Å². The van der Waals surface area contributed by atoms with E-state index in [2.05, 4.69) is 4.74 Å². The lowest BCUT2D eigenvalue weighted by Gasteiger charge is -2.22. The lowest BCUT2D eigenvalue weighted by Crippen LogP contribution is -2.32. The first kappa shape index (κ1) is 18.7. The Morgan fingerprint density at radius 3 is 2.39 bits per heavy atom. The van der Waals surface area contributed by atoms with Gasteiger partial charge in [-0.15, -0.1) is 0 Å². The Labute approximate surface area is 134 Å². The van der Waals surface area contributed by atoms with E-state index in [1.54, 1.807) is 13.8 Å². The average molecular weight is 345 g/mol. The monoisotopic (exact) mass is 345 g/mol. The number of amides is 1. The molecular formula is C13H19N3O6S. The van der Waals surface area contributed by atoms with Gasteiger partial charge in [-0.3, -0.25) is 14.3 Å². The van der Waals surface area contributed by atoms with Gasteiger partial charge >= 0.3 is 5.97 Å². The maximum Gasteiger partial charge on any atom is 0.314 e. The summed E-state index contributed by atoms with van der Waals surface area (Å²) in [5.41, 5.74) is 3.98. The second-order valence-electron chi connectivity index (χ2n) is 5.35. The lowest BCUT2D eigenvalue weighted by molar-refractivity contribution is -0.152. The van der Waals surface area contributed by atoms with Gasteiger partial charge in [0.2, 0.25) is 0 Å². The molecule has 0 aromatic heterocycles. The third kappa shape index (κ3) is 5.11. The largest absolute Gasteiger partial charge is 0.492 e. The summed E-state index contributed by atoms with van der Waals surface area (Å²) in [6.07, 6.45) is 0.